The summed E-state index contributed by atoms with van der Waals surface area (Å²) in [4.78, 5) is 107. The van der Waals surface area contributed by atoms with Crippen LogP contribution in [0, 0.1) is 22.7 Å². The predicted molar refractivity (Wildman–Crippen MR) is 508 cm³/mol. The van der Waals surface area contributed by atoms with Crippen molar-refractivity contribution in [3.8, 4) is 79.6 Å². The van der Waals surface area contributed by atoms with Gasteiger partial charge < -0.3 is 48.9 Å². The van der Waals surface area contributed by atoms with Crippen molar-refractivity contribution in [3.05, 3.63) is 401 Å². The van der Waals surface area contributed by atoms with Gasteiger partial charge >= 0.3 is 0 Å². The molecule has 0 fully saturated rings. The maximum Gasteiger partial charge on any atom is 0.261 e. The first-order chi connectivity index (χ1) is 65.0. The molecule has 4 aliphatic rings. The molecule has 6 N–H and O–H groups in total. The van der Waals surface area contributed by atoms with Crippen LogP contribution in [-0.2, 0) is 0 Å². The number of aromatic amines is 6. The van der Waals surface area contributed by atoms with E-state index in [1.165, 1.54) is 15.4 Å². The molecule has 14 heterocycles. The van der Waals surface area contributed by atoms with Crippen molar-refractivity contribution in [2.75, 3.05) is 39.5 Å². The van der Waals surface area contributed by atoms with Crippen LogP contribution < -0.4 is 18.9 Å². The van der Waals surface area contributed by atoms with E-state index in [0.29, 0.717) is 98.6 Å². The van der Waals surface area contributed by atoms with Crippen LogP contribution in [0.25, 0.3) is 90.9 Å². The number of nitrogens with zero attached hydrogens (tertiary/aromatic N) is 9. The predicted octanol–water partition coefficient (Wildman–Crippen LogP) is 21.5. The van der Waals surface area contributed by atoms with E-state index in [1.54, 1.807) is 97.8 Å². The Hall–Kier alpha value is -17.4. The molecule has 4 amide bonds. The highest BCUT2D eigenvalue weighted by atomic mass is 16.5. The molecule has 0 spiro atoms. The summed E-state index contributed by atoms with van der Waals surface area (Å²) in [5, 5.41) is 17.5. The van der Waals surface area contributed by atoms with E-state index in [1.807, 2.05) is 146 Å². The van der Waals surface area contributed by atoms with Gasteiger partial charge in [-0.2, -0.15) is 10.5 Å². The first kappa shape index (κ1) is 86.7. The Morgan fingerprint density at radius 3 is 0.879 bits per heavy atom. The van der Waals surface area contributed by atoms with E-state index < -0.39 is 0 Å². The first-order valence-electron chi connectivity index (χ1n) is 43.5. The normalized spacial score (nSPS) is 12.1. The van der Waals surface area contributed by atoms with Crippen molar-refractivity contribution in [1.82, 2.24) is 64.6 Å². The Morgan fingerprint density at radius 1 is 0.326 bits per heavy atom. The number of pyridine rings is 3. The molecule has 6 aromatic carbocycles. The second-order valence-electron chi connectivity index (χ2n) is 31.2. The van der Waals surface area contributed by atoms with Gasteiger partial charge in [0.15, 0.2) is 0 Å². The van der Waals surface area contributed by atoms with Crippen LogP contribution in [0.1, 0.15) is 159 Å². The molecule has 0 radical (unpaired) electrons. The molecule has 10 aromatic heterocycles. The number of rotatable bonds is 29. The SMILES string of the molecule is N#CCCCOc1ccc(-c2c3nc(c(-c4ccncc4)c4ccc([nH]4)c(-c4ccc(OCCCN5C(=O)c6ccccc6C5=O)cc4)c4nc(c(-c5ccncc5)c5ccc2[nH]5)C=C4)C=C3)cc1.N#CCCCOc1ccc(C(c2ccc[nH]2)c2ccc[nH]2)cc1.O=C1c2ccccc2C(=O)N1CCCOc1ccc(C(c2ccc[nH]2)c2ccc[nH]2)cc1.O=Cc1ccncc1. The second-order valence-corrected chi connectivity index (χ2v) is 31.2. The number of carbonyl (C=O) groups is 5. The van der Waals surface area contributed by atoms with Crippen molar-refractivity contribution >= 4 is 76.3 Å². The molecule has 24 heteroatoms. The molecule has 4 aliphatic heterocycles. The molecule has 24 nitrogen and oxygen atoms in total. The number of imide groups is 2. The van der Waals surface area contributed by atoms with Crippen molar-refractivity contribution in [1.29, 1.82) is 10.5 Å². The summed E-state index contributed by atoms with van der Waals surface area (Å²) < 4.78 is 23.7. The summed E-state index contributed by atoms with van der Waals surface area (Å²) in [5.41, 5.74) is 23.3. The topological polar surface area (TPSA) is 336 Å². The molecule has 0 saturated carbocycles. The maximum absolute atomic E-state index is 12.9. The fraction of sp³-hybridized carbons (Fsp3) is 0.130. The second kappa shape index (κ2) is 41.8. The summed E-state index contributed by atoms with van der Waals surface area (Å²) >= 11 is 0. The zero-order chi connectivity index (χ0) is 90.3. The quantitative estimate of drug-likeness (QED) is 0.0144. The highest BCUT2D eigenvalue weighted by Gasteiger charge is 2.36. The summed E-state index contributed by atoms with van der Waals surface area (Å²) in [6.07, 6.45) is 30.5. The van der Waals surface area contributed by atoms with Gasteiger partial charge in [-0.1, -0.05) is 72.8 Å². The standard InChI is InChI=1S/C57H42N8O4.C26H23N3O3.C19H19N3O.C6H5NO/c58-28-3-4-34-68-40-12-8-36(9-13-40)52-44-16-20-48(61-44)54(38-24-29-59-30-25-38)50-22-18-46(63-50)53(47-19-23-51(64-47)55(39-26-31-60-32-27-39)49-21-17-45(52)62-49)37-10-14-41(15-11-37)69-35-5-33-65-56(66)42-6-1-2-7-43(42)57(65)67;30-25-20-6-1-2-7-21(20)26(31)29(25)16-5-17-32-19-12-10-18(11-13-19)24(22-8-3-14-27-22)23-9-4-15-28-23;20-11-1-2-14-23-16-9-7-15(8-10-16)19(17-5-3-12-21-17)18-6-4-13-22-18;8-5-6-1-3-7-4-2-6/h1-2,6-27,29-32,61,64H,3-5,33-35H2;1-4,6-15,24,27-28H,5,16-17H2;3-10,12-13,19,21-22H,1-2,14H2;1-5H. The lowest BCUT2D eigenvalue weighted by atomic mass is 9.92. The summed E-state index contributed by atoms with van der Waals surface area (Å²) in [6, 6.07) is 86.2. The number of hydrogen-bond acceptors (Lipinski definition) is 16. The van der Waals surface area contributed by atoms with Gasteiger partial charge in [0.05, 0.1) is 95.4 Å². The van der Waals surface area contributed by atoms with Gasteiger partial charge in [0.25, 0.3) is 23.6 Å². The van der Waals surface area contributed by atoms with Crippen LogP contribution in [-0.4, -0.2) is 134 Å². The van der Waals surface area contributed by atoms with Gasteiger partial charge in [0.1, 0.15) is 29.3 Å². The third-order valence-corrected chi connectivity index (χ3v) is 22.7. The van der Waals surface area contributed by atoms with Crippen LogP contribution in [0.15, 0.2) is 317 Å². The number of amides is 4. The number of nitriles is 2. The monoisotopic (exact) mass is 1740 g/mol. The Morgan fingerprint density at radius 2 is 0.606 bits per heavy atom. The van der Waals surface area contributed by atoms with E-state index in [2.05, 4.69) is 154 Å². The lowest BCUT2D eigenvalue weighted by Crippen LogP contribution is -2.31. The lowest BCUT2D eigenvalue weighted by molar-refractivity contribution is 0.0630. The number of ether oxygens (including phenoxy) is 4. The highest BCUT2D eigenvalue weighted by molar-refractivity contribution is 6.22. The molecule has 0 unspecified atom stereocenters. The minimum absolute atomic E-state index is 0.0860. The molecule has 0 aliphatic carbocycles. The van der Waals surface area contributed by atoms with Crippen molar-refractivity contribution in [2.45, 2.75) is 50.4 Å². The molecule has 0 atom stereocenters. The number of nitrogens with one attached hydrogen (secondary N) is 6. The number of unbranched alkanes of at least 4 members (excludes halogenated alkanes) is 2. The molecule has 650 valence electrons. The Labute approximate surface area is 760 Å². The van der Waals surface area contributed by atoms with Crippen molar-refractivity contribution in [3.63, 3.8) is 0 Å². The Balaban J connectivity index is 0.000000157. The average molecular weight is 1740 g/mol. The van der Waals surface area contributed by atoms with E-state index in [4.69, 9.17) is 39.4 Å². The number of carbonyl (C=O) groups excluding carboxylic acids is 5. The summed E-state index contributed by atoms with van der Waals surface area (Å²) in [5.74, 6) is 2.22. The fourth-order valence-electron chi connectivity index (χ4n) is 16.4. The summed E-state index contributed by atoms with van der Waals surface area (Å²) in [6.45, 7) is 2.38. The van der Waals surface area contributed by atoms with Crippen LogP contribution >= 0.6 is 0 Å². The summed E-state index contributed by atoms with van der Waals surface area (Å²) in [7, 11) is 0. The Bertz CT molecular complexity index is 6850. The van der Waals surface area contributed by atoms with Crippen LogP contribution in [0.5, 0.6) is 23.0 Å². The highest BCUT2D eigenvalue weighted by Crippen LogP contribution is 2.41. The lowest BCUT2D eigenvalue weighted by Gasteiger charge is -2.16. The van der Waals surface area contributed by atoms with Gasteiger partial charge in [-0.05, 0) is 265 Å². The number of H-pyrrole nitrogens is 6. The average Bonchev–Trinajstić information content (AvgIpc) is 1.62. The van der Waals surface area contributed by atoms with Gasteiger partial charge in [-0.15, -0.1) is 0 Å². The number of aromatic nitrogens is 11. The smallest absolute Gasteiger partial charge is 0.261 e. The zero-order valence-electron chi connectivity index (χ0n) is 71.7. The molecule has 8 bridgehead atoms. The third kappa shape index (κ3) is 20.0. The van der Waals surface area contributed by atoms with Crippen molar-refractivity contribution in [2.24, 2.45) is 0 Å². The van der Waals surface area contributed by atoms with Crippen LogP contribution in [0.2, 0.25) is 0 Å². The minimum Gasteiger partial charge on any atom is -0.494 e. The number of benzene rings is 6. The molecule has 0 saturated heterocycles. The number of aldehydes is 1. The van der Waals surface area contributed by atoms with Crippen molar-refractivity contribution < 1.29 is 42.9 Å². The third-order valence-electron chi connectivity index (χ3n) is 22.7. The van der Waals surface area contributed by atoms with E-state index in [0.717, 1.165) is 148 Å². The molecule has 132 heavy (non-hydrogen) atoms. The van der Waals surface area contributed by atoms with Crippen LogP contribution in [0.3, 0.4) is 0 Å². The minimum atomic E-state index is -0.269. The van der Waals surface area contributed by atoms with Gasteiger partial charge in [0, 0.05) is 161 Å². The van der Waals surface area contributed by atoms with Gasteiger partial charge in [-0.25, -0.2) is 9.97 Å². The van der Waals surface area contributed by atoms with Crippen LogP contribution in [0.4, 0.5) is 0 Å². The molecule has 20 rings (SSSR count). The van der Waals surface area contributed by atoms with Gasteiger partial charge in [-0.3, -0.25) is 48.7 Å². The molecule has 16 aromatic rings. The number of fused-ring (bicyclic) bond motifs is 10. The largest absolute Gasteiger partial charge is 0.494 e. The Kier molecular flexibility index (Phi) is 27.5. The van der Waals surface area contributed by atoms with Gasteiger partial charge in [0.2, 0.25) is 0 Å². The van der Waals surface area contributed by atoms with E-state index >= 15 is 0 Å². The first-order valence-corrected chi connectivity index (χ1v) is 43.5. The maximum atomic E-state index is 12.9. The zero-order valence-corrected chi connectivity index (χ0v) is 71.7. The fourth-order valence-corrected chi connectivity index (χ4v) is 16.4. The molecular weight excluding hydrogens is 1650 g/mol. The van der Waals surface area contributed by atoms with E-state index in [-0.39, 0.29) is 42.0 Å². The van der Waals surface area contributed by atoms with E-state index in [9.17, 15) is 24.0 Å². The molecular formula is C108H89N15O9. The number of hydrogen-bond donors (Lipinski definition) is 6.